The molecule has 1 aliphatic rings. The largest absolute Gasteiger partial charge is 1.00 e. The first kappa shape index (κ1) is 23.0. The molecule has 0 bridgehead atoms. The molecule has 4 rings (SSSR count). The Kier molecular flexibility index (Phi) is 6.80. The molecule has 9 nitrogen and oxygen atoms in total. The van der Waals surface area contributed by atoms with Crippen LogP contribution in [-0.4, -0.2) is 40.4 Å². The smallest absolute Gasteiger partial charge is 0.543 e. The molecule has 0 atom stereocenters. The standard InChI is InChI=1S/C19H19N5O4S.K/c1-24-17-14(16(23-24)18(25)26)8-5-12-10-21-19(22-15(12)17)20-9-11-3-6-13(7-4-11)29(2,27)28;/h3-4,6-7,10H,5,8-9H2,1-2H3,(H,25,26)(H,20,21,22);/q;+1/p-1. The number of carbonyl (C=O) groups excluding carboxylic acids is 1. The maximum Gasteiger partial charge on any atom is 1.00 e. The van der Waals surface area contributed by atoms with Gasteiger partial charge < -0.3 is 15.2 Å². The Bertz CT molecular complexity index is 1220. The van der Waals surface area contributed by atoms with Gasteiger partial charge in [0.15, 0.2) is 9.84 Å². The van der Waals surface area contributed by atoms with Crippen LogP contribution in [0.5, 0.6) is 0 Å². The first-order chi connectivity index (χ1) is 13.7. The molecule has 0 radical (unpaired) electrons. The number of carbonyl (C=O) groups is 1. The maximum absolute atomic E-state index is 11.5. The van der Waals surface area contributed by atoms with E-state index in [9.17, 15) is 18.3 Å². The van der Waals surface area contributed by atoms with Crippen molar-refractivity contribution in [2.75, 3.05) is 11.6 Å². The van der Waals surface area contributed by atoms with Crippen molar-refractivity contribution >= 4 is 21.8 Å². The summed E-state index contributed by atoms with van der Waals surface area (Å²) in [6.45, 7) is 0.408. The minimum absolute atomic E-state index is 0. The van der Waals surface area contributed by atoms with Crippen LogP contribution >= 0.6 is 0 Å². The average Bonchev–Trinajstić information content (AvgIpc) is 3.03. The maximum atomic E-state index is 11.5. The van der Waals surface area contributed by atoms with Gasteiger partial charge in [-0.3, -0.25) is 4.68 Å². The number of hydrogen-bond donors (Lipinski definition) is 1. The third kappa shape index (κ3) is 4.51. The third-order valence-corrected chi connectivity index (χ3v) is 6.00. The number of nitrogens with one attached hydrogen (secondary N) is 1. The summed E-state index contributed by atoms with van der Waals surface area (Å²) in [5.74, 6) is -0.907. The fourth-order valence-corrected chi connectivity index (χ4v) is 4.07. The molecule has 0 amide bonds. The zero-order chi connectivity index (χ0) is 20.8. The molecule has 3 aromatic rings. The summed E-state index contributed by atoms with van der Waals surface area (Å²) in [5, 5.41) is 18.5. The number of carboxylic acids is 1. The summed E-state index contributed by atoms with van der Waals surface area (Å²) in [4.78, 5) is 20.5. The van der Waals surface area contributed by atoms with Crippen molar-refractivity contribution in [2.45, 2.75) is 24.3 Å². The SMILES string of the molecule is Cn1nc(C(=O)[O-])c2c1-c1nc(NCc3ccc(S(C)(=O)=O)cc3)ncc1CC2.[K+]. The van der Waals surface area contributed by atoms with E-state index in [1.807, 2.05) is 0 Å². The van der Waals surface area contributed by atoms with Crippen molar-refractivity contribution in [1.29, 1.82) is 0 Å². The van der Waals surface area contributed by atoms with E-state index in [1.165, 1.54) is 10.9 Å². The normalized spacial score (nSPS) is 12.5. The van der Waals surface area contributed by atoms with Crippen molar-refractivity contribution in [3.05, 3.63) is 52.8 Å². The molecule has 0 aliphatic heterocycles. The van der Waals surface area contributed by atoms with Crippen LogP contribution in [0.3, 0.4) is 0 Å². The van der Waals surface area contributed by atoms with Crippen LogP contribution < -0.4 is 61.8 Å². The zero-order valence-corrected chi connectivity index (χ0v) is 20.8. The number of rotatable bonds is 5. The van der Waals surface area contributed by atoms with Gasteiger partial charge in [0.25, 0.3) is 0 Å². The third-order valence-electron chi connectivity index (χ3n) is 4.87. The van der Waals surface area contributed by atoms with E-state index < -0.39 is 15.8 Å². The van der Waals surface area contributed by atoms with Gasteiger partial charge in [-0.25, -0.2) is 18.4 Å². The number of aromatic carboxylic acids is 1. The van der Waals surface area contributed by atoms with E-state index in [1.54, 1.807) is 37.5 Å². The van der Waals surface area contributed by atoms with E-state index in [2.05, 4.69) is 20.4 Å². The molecule has 11 heteroatoms. The number of benzene rings is 1. The van der Waals surface area contributed by atoms with E-state index in [4.69, 9.17) is 0 Å². The Balaban J connectivity index is 0.00000256. The van der Waals surface area contributed by atoms with Gasteiger partial charge >= 0.3 is 51.4 Å². The number of nitrogens with zero attached hydrogens (tertiary/aromatic N) is 4. The van der Waals surface area contributed by atoms with Gasteiger partial charge in [-0.1, -0.05) is 12.1 Å². The van der Waals surface area contributed by atoms with Crippen molar-refractivity contribution < 1.29 is 69.7 Å². The van der Waals surface area contributed by atoms with E-state index >= 15 is 0 Å². The summed E-state index contributed by atoms with van der Waals surface area (Å²) in [6, 6.07) is 6.58. The number of sulfone groups is 1. The Morgan fingerprint density at radius 3 is 2.57 bits per heavy atom. The molecule has 0 saturated heterocycles. The minimum Gasteiger partial charge on any atom is -0.543 e. The molecule has 2 heterocycles. The van der Waals surface area contributed by atoms with Crippen LogP contribution in [0.4, 0.5) is 5.95 Å². The molecule has 0 fully saturated rings. The molecule has 1 N–H and O–H groups in total. The summed E-state index contributed by atoms with van der Waals surface area (Å²) in [7, 11) is -1.55. The molecule has 2 aromatic heterocycles. The van der Waals surface area contributed by atoms with E-state index in [0.29, 0.717) is 42.3 Å². The van der Waals surface area contributed by atoms with Gasteiger partial charge in [-0.2, -0.15) is 5.10 Å². The predicted octanol–water partition coefficient (Wildman–Crippen LogP) is -2.64. The van der Waals surface area contributed by atoms with Gasteiger partial charge in [-0.15, -0.1) is 0 Å². The van der Waals surface area contributed by atoms with Gasteiger partial charge in [-0.05, 0) is 36.1 Å². The molecule has 1 aromatic carbocycles. The molecule has 150 valence electrons. The van der Waals surface area contributed by atoms with Crippen molar-refractivity contribution in [3.8, 4) is 11.4 Å². The second-order valence-corrected chi connectivity index (χ2v) is 8.94. The van der Waals surface area contributed by atoms with Crippen molar-refractivity contribution in [1.82, 2.24) is 19.7 Å². The summed E-state index contributed by atoms with van der Waals surface area (Å²) in [5.41, 5.74) is 3.69. The predicted molar refractivity (Wildman–Crippen MR) is 103 cm³/mol. The number of anilines is 1. The van der Waals surface area contributed by atoms with Gasteiger partial charge in [0, 0.05) is 31.6 Å². The summed E-state index contributed by atoms with van der Waals surface area (Å²) in [6.07, 6.45) is 4.07. The molecule has 30 heavy (non-hydrogen) atoms. The average molecular weight is 452 g/mol. The van der Waals surface area contributed by atoms with Crippen LogP contribution in [0, 0.1) is 0 Å². The quantitative estimate of drug-likeness (QED) is 0.417. The first-order valence-corrected chi connectivity index (χ1v) is 10.8. The van der Waals surface area contributed by atoms with E-state index in [-0.39, 0.29) is 62.0 Å². The molecule has 1 aliphatic carbocycles. The van der Waals surface area contributed by atoms with Crippen LogP contribution in [0.25, 0.3) is 11.4 Å². The van der Waals surface area contributed by atoms with Crippen LogP contribution in [-0.2, 0) is 36.3 Å². The fraction of sp³-hybridized carbons (Fsp3) is 0.263. The van der Waals surface area contributed by atoms with Crippen molar-refractivity contribution in [2.24, 2.45) is 7.05 Å². The number of carboxylic acid groups (broad SMARTS) is 1. The number of aryl methyl sites for hydroxylation is 2. The summed E-state index contributed by atoms with van der Waals surface area (Å²) < 4.78 is 24.6. The molecule has 0 spiro atoms. The molecular weight excluding hydrogens is 433 g/mol. The van der Waals surface area contributed by atoms with E-state index in [0.717, 1.165) is 11.1 Å². The Morgan fingerprint density at radius 2 is 1.93 bits per heavy atom. The van der Waals surface area contributed by atoms with Gasteiger partial charge in [0.2, 0.25) is 5.95 Å². The first-order valence-electron chi connectivity index (χ1n) is 8.90. The van der Waals surface area contributed by atoms with Crippen LogP contribution in [0.15, 0.2) is 35.4 Å². The zero-order valence-electron chi connectivity index (χ0n) is 16.8. The number of aromatic nitrogens is 4. The number of hydrogen-bond acceptors (Lipinski definition) is 8. The second-order valence-electron chi connectivity index (χ2n) is 6.92. The number of fused-ring (bicyclic) bond motifs is 3. The molecule has 0 saturated carbocycles. The van der Waals surface area contributed by atoms with Crippen molar-refractivity contribution in [3.63, 3.8) is 0 Å². The second kappa shape index (κ2) is 8.85. The Hall–Kier alpha value is -1.63. The van der Waals surface area contributed by atoms with Gasteiger partial charge in [0.1, 0.15) is 5.69 Å². The van der Waals surface area contributed by atoms with Crippen LogP contribution in [0.1, 0.15) is 27.2 Å². The van der Waals surface area contributed by atoms with Crippen LogP contribution in [0.2, 0.25) is 0 Å². The summed E-state index contributed by atoms with van der Waals surface area (Å²) >= 11 is 0. The monoisotopic (exact) mass is 451 g/mol. The topological polar surface area (TPSA) is 130 Å². The molecule has 0 unspecified atom stereocenters. The Morgan fingerprint density at radius 1 is 1.23 bits per heavy atom. The molecular formula is C19H18KN5O4S. The fourth-order valence-electron chi connectivity index (χ4n) is 3.44. The minimum atomic E-state index is -3.23. The Labute approximate surface area is 216 Å². The van der Waals surface area contributed by atoms with Gasteiger partial charge in [0.05, 0.1) is 22.3 Å².